The third-order valence-electron chi connectivity index (χ3n) is 12.8. The Hall–Kier alpha value is -5.27. The van der Waals surface area contributed by atoms with Crippen LogP contribution in [0.3, 0.4) is 0 Å². The third-order valence-corrected chi connectivity index (χ3v) is 17.3. The molecule has 1 aliphatic heterocycles. The predicted octanol–water partition coefficient (Wildman–Crippen LogP) is 8.02. The molecule has 6 N–H and O–H groups in total. The number of ether oxygens (including phenoxy) is 1. The zero-order chi connectivity index (χ0) is 44.2. The van der Waals surface area contributed by atoms with Gasteiger partial charge in [0.25, 0.3) is 0 Å². The summed E-state index contributed by atoms with van der Waals surface area (Å²) in [5.41, 5.74) is 9.71. The number of nitrogens with one attached hydrogen (secondary N) is 4. The van der Waals surface area contributed by atoms with E-state index in [4.69, 9.17) is 14.9 Å². The summed E-state index contributed by atoms with van der Waals surface area (Å²) in [6.45, 7) is 16.4. The quantitative estimate of drug-likeness (QED) is 0.0371. The minimum absolute atomic E-state index is 0.00688. The number of amides is 3. The molecule has 0 bridgehead atoms. The lowest BCUT2D eigenvalue weighted by Gasteiger charge is -2.39. The van der Waals surface area contributed by atoms with Crippen molar-refractivity contribution >= 4 is 31.2 Å². The number of rotatable bonds is 21. The molecule has 1 fully saturated rings. The average Bonchev–Trinajstić information content (AvgIpc) is 3.73. The average molecular weight is 859 g/mol. The van der Waals surface area contributed by atoms with Crippen LogP contribution in [0.2, 0.25) is 18.1 Å². The van der Waals surface area contributed by atoms with Crippen LogP contribution in [0.4, 0.5) is 4.79 Å². The molecule has 0 radical (unpaired) electrons. The normalized spacial score (nSPS) is 15.3. The van der Waals surface area contributed by atoms with Crippen LogP contribution in [0.25, 0.3) is 10.9 Å². The van der Waals surface area contributed by atoms with E-state index >= 15 is 0 Å². The van der Waals surface area contributed by atoms with Crippen LogP contribution in [-0.2, 0) is 21.2 Å². The van der Waals surface area contributed by atoms with Crippen LogP contribution in [0.15, 0.2) is 120 Å². The molecule has 3 amide bonds. The number of benzene rings is 4. The highest BCUT2D eigenvalue weighted by Gasteiger charge is 2.49. The van der Waals surface area contributed by atoms with E-state index in [-0.39, 0.29) is 34.6 Å². The van der Waals surface area contributed by atoms with Gasteiger partial charge in [0.05, 0.1) is 11.6 Å². The van der Waals surface area contributed by atoms with Crippen molar-refractivity contribution in [2.75, 3.05) is 45.8 Å². The lowest BCUT2D eigenvalue weighted by atomic mass is 9.64. The van der Waals surface area contributed by atoms with Gasteiger partial charge in [0.1, 0.15) is 17.8 Å². The zero-order valence-corrected chi connectivity index (χ0v) is 38.2. The number of primary amides is 1. The number of aromatic nitrogens is 1. The smallest absolute Gasteiger partial charge is 0.314 e. The molecule has 0 unspecified atom stereocenters. The number of hydrogen-bond donors (Lipinski definition) is 5. The number of unbranched alkanes of at least 4 members (excludes halogenated alkanes) is 2. The molecule has 0 aliphatic carbocycles. The van der Waals surface area contributed by atoms with Crippen molar-refractivity contribution in [3.63, 3.8) is 0 Å². The second kappa shape index (κ2) is 21.2. The van der Waals surface area contributed by atoms with Crippen molar-refractivity contribution in [1.82, 2.24) is 25.8 Å². The van der Waals surface area contributed by atoms with E-state index in [9.17, 15) is 14.4 Å². The van der Waals surface area contributed by atoms with Crippen LogP contribution in [0.1, 0.15) is 74.8 Å². The molecule has 12 heteroatoms. The van der Waals surface area contributed by atoms with Crippen molar-refractivity contribution in [3.05, 3.63) is 148 Å². The fourth-order valence-corrected chi connectivity index (χ4v) is 9.70. The van der Waals surface area contributed by atoms with Gasteiger partial charge in [-0.05, 0) is 90.8 Å². The minimum atomic E-state index is -2.19. The first-order valence-electron chi connectivity index (χ1n) is 22.2. The summed E-state index contributed by atoms with van der Waals surface area (Å²) in [7, 11) is -2.19. The first kappa shape index (κ1) is 46.2. The zero-order valence-electron chi connectivity index (χ0n) is 37.2. The molecule has 1 aromatic heterocycles. The molecule has 0 saturated carbocycles. The molecule has 5 aromatic rings. The number of pyridine rings is 1. The summed E-state index contributed by atoms with van der Waals surface area (Å²) in [6, 6.07) is 37.0. The maximum atomic E-state index is 13.4. The molecule has 11 nitrogen and oxygen atoms in total. The molecule has 62 heavy (non-hydrogen) atoms. The first-order valence-corrected chi connectivity index (χ1v) is 25.1. The summed E-state index contributed by atoms with van der Waals surface area (Å²) in [5, 5.41) is 10.6. The number of fused-ring (bicyclic) bond motifs is 1. The number of H-pyrrole nitrogens is 1. The van der Waals surface area contributed by atoms with E-state index in [1.165, 1.54) is 0 Å². The number of nitrogens with zero attached hydrogens (tertiary/aromatic N) is 1. The third kappa shape index (κ3) is 11.4. The van der Waals surface area contributed by atoms with E-state index in [2.05, 4.69) is 65.8 Å². The van der Waals surface area contributed by atoms with Gasteiger partial charge in [0.15, 0.2) is 8.32 Å². The SMILES string of the molecule is CC(C)(C)[Si](C)(C)O[C@@H](CNCCCCCNC(=O)NCCN1CC[C@@H](C(C(N)=O)(c2ccccc2)c2ccccc2)C1)c1ccc(OCc2ccccc2)c2[nH]c(=O)ccc12. The van der Waals surface area contributed by atoms with E-state index in [0.717, 1.165) is 66.4 Å². The largest absolute Gasteiger partial charge is 0.487 e. The number of urea groups is 1. The molecule has 4 aromatic carbocycles. The Balaban J connectivity index is 0.953. The molecule has 6 rings (SSSR count). The predicted molar refractivity (Wildman–Crippen MR) is 252 cm³/mol. The van der Waals surface area contributed by atoms with Crippen molar-refractivity contribution in [2.24, 2.45) is 11.7 Å². The maximum Gasteiger partial charge on any atom is 0.314 e. The summed E-state index contributed by atoms with van der Waals surface area (Å²) < 4.78 is 13.3. The van der Waals surface area contributed by atoms with Gasteiger partial charge in [0, 0.05) is 44.2 Å². The summed E-state index contributed by atoms with van der Waals surface area (Å²) in [6.07, 6.45) is 3.37. The standard InChI is InChI=1S/C50H66N6O5Si/c1-49(2,3)62(4,5)61-44(41-24-26-43(46-42(41)25-27-45(57)55-46)60-36-37-18-10-6-11-19-37)34-52-29-16-9-17-30-53-48(59)54-31-33-56-32-28-40(35-56)50(47(51)58,38-20-12-7-13-21-38)39-22-14-8-15-23-39/h6-8,10-15,18-27,40,44,52H,9,16-17,28-36H2,1-5H3,(H2,51,58)(H,55,57)(H2,53,54,59)/t40-,44+/m1/s1. The Kier molecular flexibility index (Phi) is 15.8. The molecule has 0 spiro atoms. The van der Waals surface area contributed by atoms with Gasteiger partial charge < -0.3 is 40.7 Å². The lowest BCUT2D eigenvalue weighted by Crippen LogP contribution is -2.49. The van der Waals surface area contributed by atoms with E-state index < -0.39 is 13.7 Å². The maximum absolute atomic E-state index is 13.4. The molecule has 2 atom stereocenters. The van der Waals surface area contributed by atoms with Crippen LogP contribution in [0.5, 0.6) is 5.75 Å². The van der Waals surface area contributed by atoms with E-state index in [1.807, 2.05) is 103 Å². The topological polar surface area (TPSA) is 151 Å². The number of aromatic amines is 1. The van der Waals surface area contributed by atoms with Crippen molar-refractivity contribution < 1.29 is 18.8 Å². The number of carbonyl (C=O) groups is 2. The van der Waals surface area contributed by atoms with Crippen molar-refractivity contribution in [3.8, 4) is 5.75 Å². The summed E-state index contributed by atoms with van der Waals surface area (Å²) in [5.74, 6) is 0.297. The lowest BCUT2D eigenvalue weighted by molar-refractivity contribution is -0.123. The second-order valence-electron chi connectivity index (χ2n) is 18.0. The highest BCUT2D eigenvalue weighted by Crippen LogP contribution is 2.44. The highest BCUT2D eigenvalue weighted by molar-refractivity contribution is 6.74. The fraction of sp³-hybridized carbons (Fsp3) is 0.420. The van der Waals surface area contributed by atoms with Crippen LogP contribution < -0.4 is 32.0 Å². The first-order chi connectivity index (χ1) is 29.8. The van der Waals surface area contributed by atoms with Crippen molar-refractivity contribution in [1.29, 1.82) is 0 Å². The molecule has 2 heterocycles. The Morgan fingerprint density at radius 2 is 1.45 bits per heavy atom. The molecular weight excluding hydrogens is 793 g/mol. The van der Waals surface area contributed by atoms with E-state index in [1.54, 1.807) is 6.07 Å². The van der Waals surface area contributed by atoms with Gasteiger partial charge >= 0.3 is 6.03 Å². The van der Waals surface area contributed by atoms with Gasteiger partial charge in [-0.15, -0.1) is 0 Å². The summed E-state index contributed by atoms with van der Waals surface area (Å²) in [4.78, 5) is 44.0. The number of hydrogen-bond acceptors (Lipinski definition) is 7. The van der Waals surface area contributed by atoms with Gasteiger partial charge in [-0.3, -0.25) is 9.59 Å². The minimum Gasteiger partial charge on any atom is -0.487 e. The van der Waals surface area contributed by atoms with Gasteiger partial charge in [-0.1, -0.05) is 124 Å². The molecule has 330 valence electrons. The molecular formula is C50H66N6O5Si. The van der Waals surface area contributed by atoms with Crippen molar-refractivity contribution in [2.45, 2.75) is 82.7 Å². The number of likely N-dealkylation sites (tertiary alicyclic amines) is 1. The molecule has 1 aliphatic rings. The Morgan fingerprint density at radius 3 is 2.10 bits per heavy atom. The second-order valence-corrected chi connectivity index (χ2v) is 22.8. The highest BCUT2D eigenvalue weighted by atomic mass is 28.4. The monoisotopic (exact) mass is 858 g/mol. The fourth-order valence-electron chi connectivity index (χ4n) is 8.42. The van der Waals surface area contributed by atoms with Gasteiger partial charge in [-0.2, -0.15) is 0 Å². The Labute approximate surface area is 368 Å². The number of carbonyl (C=O) groups excluding carboxylic acids is 2. The van der Waals surface area contributed by atoms with Gasteiger partial charge in [-0.25, -0.2) is 4.79 Å². The molecule has 1 saturated heterocycles. The Bertz CT molecular complexity index is 2230. The van der Waals surface area contributed by atoms with E-state index in [0.29, 0.717) is 50.6 Å². The number of nitrogens with two attached hydrogens (primary N) is 1. The summed E-state index contributed by atoms with van der Waals surface area (Å²) >= 11 is 0. The van der Waals surface area contributed by atoms with Crippen LogP contribution >= 0.6 is 0 Å². The van der Waals surface area contributed by atoms with Crippen LogP contribution in [-0.4, -0.2) is 76.0 Å². The van der Waals surface area contributed by atoms with Crippen LogP contribution in [0, 0.1) is 5.92 Å². The Morgan fingerprint density at radius 1 is 0.823 bits per heavy atom. The van der Waals surface area contributed by atoms with Gasteiger partial charge in [0.2, 0.25) is 11.5 Å².